The number of halogens is 1. The lowest BCUT2D eigenvalue weighted by Gasteiger charge is -2.14. The maximum absolute atomic E-state index is 12.1. The molecule has 3 N–H and O–H groups in total. The van der Waals surface area contributed by atoms with Crippen LogP contribution in [-0.2, 0) is 16.2 Å². The number of oxime groups is 1. The molecule has 3 aromatic rings. The monoisotopic (exact) mass is 438 g/mol. The van der Waals surface area contributed by atoms with Gasteiger partial charge in [0.1, 0.15) is 12.4 Å². The summed E-state index contributed by atoms with van der Waals surface area (Å²) < 4.78 is 5.75. The fourth-order valence-corrected chi connectivity index (χ4v) is 2.85. The van der Waals surface area contributed by atoms with Gasteiger partial charge in [0.05, 0.1) is 6.04 Å². The third kappa shape index (κ3) is 7.01. The molecule has 2 aromatic carbocycles. The number of amidine groups is 1. The average Bonchev–Trinajstić information content (AvgIpc) is 2.79. The van der Waals surface area contributed by atoms with Gasteiger partial charge in [-0.3, -0.25) is 9.78 Å². The number of pyridine rings is 1. The topological polar surface area (TPSA) is 98.8 Å². The average molecular weight is 439 g/mol. The summed E-state index contributed by atoms with van der Waals surface area (Å²) in [7, 11) is 0. The third-order valence-corrected chi connectivity index (χ3v) is 4.62. The van der Waals surface area contributed by atoms with Gasteiger partial charge in [-0.2, -0.15) is 0 Å². The number of nitrogens with zero attached hydrogens (tertiary/aromatic N) is 2. The normalized spacial score (nSPS) is 12.1. The van der Waals surface area contributed by atoms with Crippen molar-refractivity contribution in [2.75, 3.05) is 6.61 Å². The SMILES string of the molecule is CC(NC(=O)CO/N=C(/N)c1cccc(OCc2cccnc2)c1)c1ccc(Cl)cc1. The van der Waals surface area contributed by atoms with Gasteiger partial charge < -0.3 is 20.6 Å². The maximum Gasteiger partial charge on any atom is 0.261 e. The zero-order chi connectivity index (χ0) is 22.1. The van der Waals surface area contributed by atoms with E-state index in [1.54, 1.807) is 42.7 Å². The van der Waals surface area contributed by atoms with E-state index in [0.29, 0.717) is 22.9 Å². The van der Waals surface area contributed by atoms with Gasteiger partial charge in [0.15, 0.2) is 12.4 Å². The van der Waals surface area contributed by atoms with E-state index >= 15 is 0 Å². The zero-order valence-electron chi connectivity index (χ0n) is 17.0. The van der Waals surface area contributed by atoms with Crippen molar-refractivity contribution in [1.29, 1.82) is 0 Å². The molecule has 1 amide bonds. The van der Waals surface area contributed by atoms with E-state index in [0.717, 1.165) is 11.1 Å². The highest BCUT2D eigenvalue weighted by molar-refractivity contribution is 6.30. The smallest absolute Gasteiger partial charge is 0.261 e. The standard InChI is InChI=1S/C23H23ClN4O3/c1-16(18-7-9-20(24)10-8-18)27-22(29)15-31-28-23(25)19-5-2-6-21(12-19)30-14-17-4-3-11-26-13-17/h2-13,16H,14-15H2,1H3,(H2,25,28)(H,27,29). The summed E-state index contributed by atoms with van der Waals surface area (Å²) in [5.74, 6) is 0.465. The second-order valence-electron chi connectivity index (χ2n) is 6.77. The summed E-state index contributed by atoms with van der Waals surface area (Å²) in [5.41, 5.74) is 8.49. The van der Waals surface area contributed by atoms with E-state index < -0.39 is 0 Å². The van der Waals surface area contributed by atoms with Crippen LogP contribution in [0.1, 0.15) is 29.7 Å². The van der Waals surface area contributed by atoms with E-state index in [1.807, 2.05) is 37.3 Å². The van der Waals surface area contributed by atoms with Gasteiger partial charge >= 0.3 is 0 Å². The number of carbonyl (C=O) groups excluding carboxylic acids is 1. The second kappa shape index (κ2) is 11.0. The zero-order valence-corrected chi connectivity index (χ0v) is 17.8. The molecule has 3 rings (SSSR count). The van der Waals surface area contributed by atoms with Gasteiger partial charge in [0, 0.05) is 28.5 Å². The molecule has 7 nitrogen and oxygen atoms in total. The fraction of sp³-hybridized carbons (Fsp3) is 0.174. The summed E-state index contributed by atoms with van der Waals surface area (Å²) in [5, 5.41) is 7.31. The van der Waals surface area contributed by atoms with Crippen LogP contribution in [0.5, 0.6) is 5.75 Å². The molecule has 0 saturated carbocycles. The highest BCUT2D eigenvalue weighted by atomic mass is 35.5. The largest absolute Gasteiger partial charge is 0.489 e. The molecule has 0 aliphatic heterocycles. The Morgan fingerprint density at radius 3 is 2.74 bits per heavy atom. The Bertz CT molecular complexity index is 1030. The molecule has 0 aliphatic carbocycles. The molecule has 8 heteroatoms. The highest BCUT2D eigenvalue weighted by Crippen LogP contribution is 2.16. The molecule has 1 heterocycles. The quantitative estimate of drug-likeness (QED) is 0.300. The van der Waals surface area contributed by atoms with E-state index in [9.17, 15) is 4.79 Å². The molecule has 160 valence electrons. The molecule has 31 heavy (non-hydrogen) atoms. The predicted octanol–water partition coefficient (Wildman–Crippen LogP) is 3.83. The Morgan fingerprint density at radius 2 is 2.00 bits per heavy atom. The predicted molar refractivity (Wildman–Crippen MR) is 120 cm³/mol. The fourth-order valence-electron chi connectivity index (χ4n) is 2.73. The molecule has 0 radical (unpaired) electrons. The molecule has 0 bridgehead atoms. The van der Waals surface area contributed by atoms with Gasteiger partial charge in [0.2, 0.25) is 0 Å². The first-order chi connectivity index (χ1) is 15.0. The molecule has 0 saturated heterocycles. The van der Waals surface area contributed by atoms with Crippen LogP contribution in [-0.4, -0.2) is 23.3 Å². The van der Waals surface area contributed by atoms with Crippen LogP contribution in [0.25, 0.3) is 0 Å². The molecule has 0 spiro atoms. The van der Waals surface area contributed by atoms with Crippen molar-refractivity contribution in [2.45, 2.75) is 19.6 Å². The van der Waals surface area contributed by atoms with E-state index in [1.165, 1.54) is 0 Å². The Morgan fingerprint density at radius 1 is 1.19 bits per heavy atom. The molecule has 1 aromatic heterocycles. The highest BCUT2D eigenvalue weighted by Gasteiger charge is 2.10. The summed E-state index contributed by atoms with van der Waals surface area (Å²) in [6.07, 6.45) is 3.45. The summed E-state index contributed by atoms with van der Waals surface area (Å²) >= 11 is 5.88. The molecule has 1 atom stereocenters. The second-order valence-corrected chi connectivity index (χ2v) is 7.20. The van der Waals surface area contributed by atoms with Crippen molar-refractivity contribution in [3.8, 4) is 5.75 Å². The van der Waals surface area contributed by atoms with Gasteiger partial charge in [-0.05, 0) is 42.8 Å². The summed E-state index contributed by atoms with van der Waals surface area (Å²) in [4.78, 5) is 21.3. The number of rotatable bonds is 9. The van der Waals surface area contributed by atoms with E-state index in [-0.39, 0.29) is 24.4 Å². The van der Waals surface area contributed by atoms with Gasteiger partial charge in [-0.25, -0.2) is 0 Å². The van der Waals surface area contributed by atoms with E-state index in [4.69, 9.17) is 26.9 Å². The molecule has 1 unspecified atom stereocenters. The minimum atomic E-state index is -0.312. The van der Waals surface area contributed by atoms with Crippen LogP contribution in [0.3, 0.4) is 0 Å². The lowest BCUT2D eigenvalue weighted by atomic mass is 10.1. The summed E-state index contributed by atoms with van der Waals surface area (Å²) in [6, 6.07) is 18.0. The number of nitrogens with one attached hydrogen (secondary N) is 1. The van der Waals surface area contributed by atoms with Crippen molar-refractivity contribution in [2.24, 2.45) is 10.9 Å². The molecule has 0 aliphatic rings. The third-order valence-electron chi connectivity index (χ3n) is 4.36. The van der Waals surface area contributed by atoms with E-state index in [2.05, 4.69) is 15.5 Å². The molecular weight excluding hydrogens is 416 g/mol. The molecule has 0 fully saturated rings. The summed E-state index contributed by atoms with van der Waals surface area (Å²) in [6.45, 7) is 2.00. The van der Waals surface area contributed by atoms with Crippen LogP contribution < -0.4 is 15.8 Å². The first-order valence-electron chi connectivity index (χ1n) is 9.63. The Balaban J connectivity index is 1.49. The Hall–Kier alpha value is -3.58. The van der Waals surface area contributed by atoms with Crippen molar-refractivity contribution in [3.05, 3.63) is 94.8 Å². The maximum atomic E-state index is 12.1. The van der Waals surface area contributed by atoms with Gasteiger partial charge in [-0.15, -0.1) is 0 Å². The van der Waals surface area contributed by atoms with Crippen LogP contribution in [0.15, 0.2) is 78.2 Å². The van der Waals surface area contributed by atoms with Gasteiger partial charge in [-0.1, -0.05) is 47.1 Å². The number of hydrogen-bond acceptors (Lipinski definition) is 5. The number of aromatic nitrogens is 1. The number of ether oxygens (including phenoxy) is 1. The van der Waals surface area contributed by atoms with Crippen LogP contribution in [0.4, 0.5) is 0 Å². The van der Waals surface area contributed by atoms with Gasteiger partial charge in [0.25, 0.3) is 5.91 Å². The lowest BCUT2D eigenvalue weighted by Crippen LogP contribution is -2.30. The first-order valence-corrected chi connectivity index (χ1v) is 10.0. The first kappa shape index (κ1) is 22.1. The number of hydrogen-bond donors (Lipinski definition) is 2. The minimum Gasteiger partial charge on any atom is -0.489 e. The minimum absolute atomic E-state index is 0.144. The van der Waals surface area contributed by atoms with Crippen LogP contribution in [0.2, 0.25) is 5.02 Å². The van der Waals surface area contributed by atoms with Crippen molar-refractivity contribution < 1.29 is 14.4 Å². The number of nitrogens with two attached hydrogens (primary N) is 1. The number of benzene rings is 2. The molecular formula is C23H23ClN4O3. The van der Waals surface area contributed by atoms with Crippen molar-refractivity contribution >= 4 is 23.3 Å². The Labute approximate surface area is 185 Å². The van der Waals surface area contributed by atoms with Crippen LogP contribution in [0, 0.1) is 0 Å². The van der Waals surface area contributed by atoms with Crippen molar-refractivity contribution in [1.82, 2.24) is 10.3 Å². The number of carbonyl (C=O) groups is 1. The Kier molecular flexibility index (Phi) is 7.84. The van der Waals surface area contributed by atoms with Crippen LogP contribution >= 0.6 is 11.6 Å². The lowest BCUT2D eigenvalue weighted by molar-refractivity contribution is -0.126. The number of amides is 1. The van der Waals surface area contributed by atoms with Crippen molar-refractivity contribution in [3.63, 3.8) is 0 Å².